The van der Waals surface area contributed by atoms with Crippen LogP contribution in [0.1, 0.15) is 13.3 Å². The van der Waals surface area contributed by atoms with Crippen LogP contribution in [0.3, 0.4) is 0 Å². The minimum absolute atomic E-state index is 0.0131. The number of aliphatic carboxylic acids is 1. The van der Waals surface area contributed by atoms with Crippen LogP contribution in [0.2, 0.25) is 0 Å². The average Bonchev–Trinajstić information content (AvgIpc) is 2.50. The molecule has 6 atom stereocenters. The first-order valence-electron chi connectivity index (χ1n) is 4.63. The van der Waals surface area contributed by atoms with Crippen molar-refractivity contribution in [3.8, 4) is 0 Å². The van der Waals surface area contributed by atoms with Gasteiger partial charge in [0.25, 0.3) is 0 Å². The molecule has 0 heterocycles. The van der Waals surface area contributed by atoms with Crippen LogP contribution in [-0.2, 0) is 4.79 Å². The SMILES string of the molecule is CC1C2CC(C(O)C2O)C1C(=O)O. The van der Waals surface area contributed by atoms with Crippen LogP contribution < -0.4 is 0 Å². The number of aliphatic hydroxyl groups is 2. The fourth-order valence-corrected chi connectivity index (χ4v) is 3.05. The van der Waals surface area contributed by atoms with Crippen LogP contribution in [0.25, 0.3) is 0 Å². The fraction of sp³-hybridized carbons (Fsp3) is 0.889. The molecule has 4 heteroatoms. The van der Waals surface area contributed by atoms with Gasteiger partial charge in [-0.1, -0.05) is 6.92 Å². The predicted molar refractivity (Wildman–Crippen MR) is 43.9 cm³/mol. The number of hydrogen-bond acceptors (Lipinski definition) is 3. The molecule has 2 fully saturated rings. The maximum Gasteiger partial charge on any atom is 0.307 e. The van der Waals surface area contributed by atoms with E-state index in [0.29, 0.717) is 6.42 Å². The zero-order chi connectivity index (χ0) is 9.75. The van der Waals surface area contributed by atoms with Crippen LogP contribution in [0.15, 0.2) is 0 Å². The molecule has 2 aliphatic carbocycles. The van der Waals surface area contributed by atoms with Gasteiger partial charge >= 0.3 is 5.97 Å². The maximum absolute atomic E-state index is 10.9. The van der Waals surface area contributed by atoms with Gasteiger partial charge in [0.1, 0.15) is 0 Å². The Labute approximate surface area is 76.2 Å². The molecule has 6 unspecified atom stereocenters. The van der Waals surface area contributed by atoms with E-state index < -0.39 is 24.1 Å². The maximum atomic E-state index is 10.9. The molecule has 2 rings (SSSR count). The van der Waals surface area contributed by atoms with Crippen molar-refractivity contribution < 1.29 is 20.1 Å². The summed E-state index contributed by atoms with van der Waals surface area (Å²) in [5.74, 6) is -1.59. The smallest absolute Gasteiger partial charge is 0.307 e. The molecule has 3 N–H and O–H groups in total. The van der Waals surface area contributed by atoms with E-state index in [2.05, 4.69) is 0 Å². The van der Waals surface area contributed by atoms with Gasteiger partial charge in [0.2, 0.25) is 0 Å². The summed E-state index contributed by atoms with van der Waals surface area (Å²) in [4.78, 5) is 10.9. The predicted octanol–water partition coefficient (Wildman–Crippen LogP) is -0.305. The number of hydrogen-bond donors (Lipinski definition) is 3. The molecular formula is C9H14O4. The molecule has 4 nitrogen and oxygen atoms in total. The molecule has 0 amide bonds. The van der Waals surface area contributed by atoms with Crippen molar-refractivity contribution in [3.05, 3.63) is 0 Å². The van der Waals surface area contributed by atoms with E-state index in [1.165, 1.54) is 0 Å². The summed E-state index contributed by atoms with van der Waals surface area (Å²) in [6.07, 6.45) is -0.890. The first-order valence-corrected chi connectivity index (χ1v) is 4.63. The van der Waals surface area contributed by atoms with E-state index >= 15 is 0 Å². The molecular weight excluding hydrogens is 172 g/mol. The second kappa shape index (κ2) is 2.69. The van der Waals surface area contributed by atoms with Crippen LogP contribution in [-0.4, -0.2) is 33.5 Å². The van der Waals surface area contributed by atoms with Crippen LogP contribution >= 0.6 is 0 Å². The summed E-state index contributed by atoms with van der Waals surface area (Å²) in [5.41, 5.74) is 0. The normalized spacial score (nSPS) is 54.1. The minimum atomic E-state index is -0.842. The van der Waals surface area contributed by atoms with Gasteiger partial charge in [0, 0.05) is 5.92 Å². The monoisotopic (exact) mass is 186 g/mol. The molecule has 0 aromatic carbocycles. The lowest BCUT2D eigenvalue weighted by Crippen LogP contribution is -2.43. The van der Waals surface area contributed by atoms with E-state index in [1.807, 2.05) is 6.92 Å². The highest BCUT2D eigenvalue weighted by molar-refractivity contribution is 5.71. The van der Waals surface area contributed by atoms with Crippen LogP contribution in [0.5, 0.6) is 0 Å². The lowest BCUT2D eigenvalue weighted by atomic mass is 9.77. The molecule has 2 aliphatic rings. The molecule has 2 bridgehead atoms. The molecule has 0 radical (unpaired) electrons. The number of carbonyl (C=O) groups is 1. The minimum Gasteiger partial charge on any atom is -0.481 e. The Balaban J connectivity index is 2.24. The highest BCUT2D eigenvalue weighted by atomic mass is 16.4. The summed E-state index contributed by atoms with van der Waals surface area (Å²) in [6, 6.07) is 0. The highest BCUT2D eigenvalue weighted by Gasteiger charge is 2.58. The molecule has 0 spiro atoms. The van der Waals surface area contributed by atoms with E-state index in [9.17, 15) is 15.0 Å². The Bertz CT molecular complexity index is 240. The van der Waals surface area contributed by atoms with Crippen LogP contribution in [0.4, 0.5) is 0 Å². The summed E-state index contributed by atoms with van der Waals surface area (Å²) >= 11 is 0. The Morgan fingerprint density at radius 1 is 1.23 bits per heavy atom. The van der Waals surface area contributed by atoms with Gasteiger partial charge in [-0.25, -0.2) is 0 Å². The third-order valence-electron chi connectivity index (χ3n) is 3.76. The third kappa shape index (κ3) is 1.02. The molecule has 0 aromatic heterocycles. The standard InChI is InChI=1S/C9H14O4/c1-3-4-2-5(6(3)9(12)13)8(11)7(4)10/h3-8,10-11H,2H2,1H3,(H,12,13). The van der Waals surface area contributed by atoms with E-state index in [1.54, 1.807) is 0 Å². The largest absolute Gasteiger partial charge is 0.481 e. The number of aliphatic hydroxyl groups excluding tert-OH is 2. The number of rotatable bonds is 1. The summed E-state index contributed by atoms with van der Waals surface area (Å²) in [6.45, 7) is 1.85. The fourth-order valence-electron chi connectivity index (χ4n) is 3.05. The molecule has 0 aliphatic heterocycles. The molecule has 74 valence electrons. The van der Waals surface area contributed by atoms with Crippen molar-refractivity contribution in [2.24, 2.45) is 23.7 Å². The Morgan fingerprint density at radius 3 is 2.23 bits per heavy atom. The van der Waals surface area contributed by atoms with Gasteiger partial charge in [-0.05, 0) is 18.3 Å². The molecule has 0 aromatic rings. The van der Waals surface area contributed by atoms with Gasteiger partial charge < -0.3 is 15.3 Å². The van der Waals surface area contributed by atoms with Gasteiger partial charge in [-0.3, -0.25) is 4.79 Å². The second-order valence-electron chi connectivity index (χ2n) is 4.27. The second-order valence-corrected chi connectivity index (χ2v) is 4.27. The van der Waals surface area contributed by atoms with Gasteiger partial charge in [-0.2, -0.15) is 0 Å². The van der Waals surface area contributed by atoms with Crippen molar-refractivity contribution in [3.63, 3.8) is 0 Å². The van der Waals surface area contributed by atoms with Crippen molar-refractivity contribution in [1.29, 1.82) is 0 Å². The van der Waals surface area contributed by atoms with E-state index in [0.717, 1.165) is 0 Å². The average molecular weight is 186 g/mol. The van der Waals surface area contributed by atoms with Gasteiger partial charge in [0.15, 0.2) is 0 Å². The topological polar surface area (TPSA) is 77.8 Å². The first kappa shape index (κ1) is 8.97. The summed E-state index contributed by atoms with van der Waals surface area (Å²) in [5, 5.41) is 27.9. The highest BCUT2D eigenvalue weighted by Crippen LogP contribution is 2.52. The third-order valence-corrected chi connectivity index (χ3v) is 3.76. The lowest BCUT2D eigenvalue weighted by molar-refractivity contribution is -0.150. The summed E-state index contributed by atoms with van der Waals surface area (Å²) < 4.78 is 0. The number of carboxylic acid groups (broad SMARTS) is 1. The zero-order valence-electron chi connectivity index (χ0n) is 7.42. The summed E-state index contributed by atoms with van der Waals surface area (Å²) in [7, 11) is 0. The quantitative estimate of drug-likeness (QED) is 0.525. The van der Waals surface area contributed by atoms with Gasteiger partial charge in [0.05, 0.1) is 18.1 Å². The number of fused-ring (bicyclic) bond motifs is 2. The zero-order valence-corrected chi connectivity index (χ0v) is 7.42. The number of carboxylic acids is 1. The lowest BCUT2D eigenvalue weighted by Gasteiger charge is -2.32. The van der Waals surface area contributed by atoms with Crippen molar-refractivity contribution >= 4 is 5.97 Å². The Morgan fingerprint density at radius 2 is 1.77 bits per heavy atom. The molecule has 0 saturated heterocycles. The van der Waals surface area contributed by atoms with Crippen molar-refractivity contribution in [2.45, 2.75) is 25.6 Å². The Kier molecular flexibility index (Phi) is 1.85. The molecule has 13 heavy (non-hydrogen) atoms. The van der Waals surface area contributed by atoms with Crippen LogP contribution in [0, 0.1) is 23.7 Å². The van der Waals surface area contributed by atoms with Crippen molar-refractivity contribution in [2.75, 3.05) is 0 Å². The first-order chi connectivity index (χ1) is 6.04. The van der Waals surface area contributed by atoms with Gasteiger partial charge in [-0.15, -0.1) is 0 Å². The Hall–Kier alpha value is -0.610. The van der Waals surface area contributed by atoms with E-state index in [4.69, 9.17) is 5.11 Å². The van der Waals surface area contributed by atoms with E-state index in [-0.39, 0.29) is 17.8 Å². The molecule has 2 saturated carbocycles. The van der Waals surface area contributed by atoms with Crippen molar-refractivity contribution in [1.82, 2.24) is 0 Å².